The van der Waals surface area contributed by atoms with Gasteiger partial charge < -0.3 is 31.0 Å². The summed E-state index contributed by atoms with van der Waals surface area (Å²) in [5, 5.41) is -1.62. The Morgan fingerprint density at radius 2 is 0.875 bits per heavy atom. The van der Waals surface area contributed by atoms with E-state index in [0.717, 1.165) is 0 Å². The fraction of sp³-hybridized carbons (Fsp3) is 1.00. The lowest BCUT2D eigenvalue weighted by atomic mass is 10.1. The second-order valence-corrected chi connectivity index (χ2v) is 10.7. The van der Waals surface area contributed by atoms with Gasteiger partial charge in [-0.1, -0.05) is 27.7 Å². The van der Waals surface area contributed by atoms with Crippen molar-refractivity contribution in [1.29, 1.82) is 0 Å². The van der Waals surface area contributed by atoms with Crippen molar-refractivity contribution in [2.75, 3.05) is 0 Å². The van der Waals surface area contributed by atoms with Crippen molar-refractivity contribution in [2.24, 2.45) is 11.5 Å². The van der Waals surface area contributed by atoms with Gasteiger partial charge in [0.05, 0.1) is 10.3 Å². The molecule has 0 fully saturated rings. The van der Waals surface area contributed by atoms with Gasteiger partial charge >= 0.3 is 15.2 Å². The maximum Gasteiger partial charge on any atom is 0.331 e. The molecule has 0 atom stereocenters. The average Bonchev–Trinajstić information content (AvgIpc) is 2.43. The van der Waals surface area contributed by atoms with E-state index < -0.39 is 25.5 Å². The highest BCUT2D eigenvalue weighted by molar-refractivity contribution is 7.53. The van der Waals surface area contributed by atoms with Gasteiger partial charge in [-0.3, -0.25) is 9.13 Å². The van der Waals surface area contributed by atoms with Crippen LogP contribution in [0.1, 0.15) is 74.1 Å². The van der Waals surface area contributed by atoms with Gasteiger partial charge in [0, 0.05) is 6.17 Å². The third kappa shape index (κ3) is 11.0. The minimum Gasteiger partial charge on any atom is -0.324 e. The summed E-state index contributed by atoms with van der Waals surface area (Å²) >= 11 is 0. The van der Waals surface area contributed by atoms with E-state index in [1.54, 1.807) is 48.5 Å². The van der Waals surface area contributed by atoms with Crippen LogP contribution in [-0.4, -0.2) is 36.1 Å². The van der Waals surface area contributed by atoms with Crippen molar-refractivity contribution in [3.63, 3.8) is 0 Å². The zero-order valence-electron chi connectivity index (χ0n) is 16.1. The molecule has 0 aliphatic rings. The molecule has 24 heavy (non-hydrogen) atoms. The molecule has 8 N–H and O–H groups in total. The highest BCUT2D eigenvalue weighted by atomic mass is 31.2. The van der Waals surface area contributed by atoms with Gasteiger partial charge in [-0.15, -0.1) is 0 Å². The summed E-state index contributed by atoms with van der Waals surface area (Å²) in [6, 6.07) is 0. The molecule has 8 nitrogen and oxygen atoms in total. The van der Waals surface area contributed by atoms with Crippen molar-refractivity contribution in [3.8, 4) is 0 Å². The Labute approximate surface area is 146 Å². The molecule has 0 aliphatic heterocycles. The molecule has 0 aromatic rings. The summed E-state index contributed by atoms with van der Waals surface area (Å²) in [4.78, 5) is 35.4. The van der Waals surface area contributed by atoms with E-state index in [-0.39, 0.29) is 6.17 Å². The first-order valence-corrected chi connectivity index (χ1v) is 11.3. The average molecular weight is 392 g/mol. The highest BCUT2D eigenvalue weighted by Gasteiger charge is 2.39. The predicted octanol–water partition coefficient (Wildman–Crippen LogP) is 2.74. The monoisotopic (exact) mass is 392 g/mol. The zero-order valence-corrected chi connectivity index (χ0v) is 17.8. The maximum atomic E-state index is 10.8. The van der Waals surface area contributed by atoms with E-state index in [2.05, 4.69) is 0 Å². The van der Waals surface area contributed by atoms with Gasteiger partial charge in [0.25, 0.3) is 0 Å². The highest BCUT2D eigenvalue weighted by Crippen LogP contribution is 2.54. The van der Waals surface area contributed by atoms with Gasteiger partial charge in [-0.25, -0.2) is 0 Å². The summed E-state index contributed by atoms with van der Waals surface area (Å²) in [6.07, 6.45) is 1.92. The zero-order chi connectivity index (χ0) is 20.4. The van der Waals surface area contributed by atoms with Crippen molar-refractivity contribution in [3.05, 3.63) is 0 Å². The largest absolute Gasteiger partial charge is 0.331 e. The molecule has 0 unspecified atom stereocenters. The Morgan fingerprint density at radius 1 is 0.750 bits per heavy atom. The van der Waals surface area contributed by atoms with Crippen LogP contribution in [0.5, 0.6) is 0 Å². The van der Waals surface area contributed by atoms with Crippen LogP contribution >= 0.6 is 15.2 Å². The van der Waals surface area contributed by atoms with Crippen LogP contribution in [0.15, 0.2) is 0 Å². The van der Waals surface area contributed by atoms with E-state index >= 15 is 0 Å². The summed E-state index contributed by atoms with van der Waals surface area (Å²) < 4.78 is 21.6. The van der Waals surface area contributed by atoms with Crippen LogP contribution in [0.3, 0.4) is 0 Å². The lowest BCUT2D eigenvalue weighted by Crippen LogP contribution is -2.25. The van der Waals surface area contributed by atoms with Crippen molar-refractivity contribution in [1.82, 2.24) is 0 Å². The number of rotatable bonds is 6. The van der Waals surface area contributed by atoms with Gasteiger partial charge in [0.15, 0.2) is 0 Å². The Hall–Kier alpha value is 0.220. The van der Waals surface area contributed by atoms with E-state index in [9.17, 15) is 9.13 Å². The fourth-order valence-corrected chi connectivity index (χ4v) is 2.97. The smallest absolute Gasteiger partial charge is 0.324 e. The second-order valence-electron chi connectivity index (χ2n) is 6.36. The SMILES string of the molecule is CC(N)N.CCC(C)(CC)P(=O)(O)O.CCC(C)(CC)P(=O)(O)O. The van der Waals surface area contributed by atoms with Gasteiger partial charge in [-0.05, 0) is 46.5 Å². The van der Waals surface area contributed by atoms with Crippen LogP contribution in [0.2, 0.25) is 0 Å². The molecule has 150 valence electrons. The first-order valence-electron chi connectivity index (χ1n) is 8.10. The molecule has 0 aromatic carbocycles. The summed E-state index contributed by atoms with van der Waals surface area (Å²) in [7, 11) is -7.78. The lowest BCUT2D eigenvalue weighted by Gasteiger charge is -2.27. The Balaban J connectivity index is -0.000000301. The molecule has 0 aromatic heterocycles. The van der Waals surface area contributed by atoms with E-state index in [1.165, 1.54) is 0 Å². The normalized spacial score (nSPS) is 12.9. The van der Waals surface area contributed by atoms with Crippen molar-refractivity contribution < 1.29 is 28.7 Å². The van der Waals surface area contributed by atoms with Gasteiger partial charge in [0.1, 0.15) is 0 Å². The Bertz CT molecular complexity index is 373. The van der Waals surface area contributed by atoms with Gasteiger partial charge in [-0.2, -0.15) is 0 Å². The van der Waals surface area contributed by atoms with E-state index in [1.807, 2.05) is 0 Å². The number of nitrogens with two attached hydrogens (primary N) is 2. The molecule has 0 amide bonds. The standard InChI is InChI=1S/2C6H15O3P.C2H8N2/c2*1-4-6(3,5-2)10(7,8)9;1-2(3)4/h2*4-5H2,1-3H3,(H2,7,8,9);2H,3-4H2,1H3. The van der Waals surface area contributed by atoms with Crippen molar-refractivity contribution in [2.45, 2.75) is 90.6 Å². The molecule has 0 saturated carbocycles. The molecule has 0 bridgehead atoms. The van der Waals surface area contributed by atoms with Crippen LogP contribution < -0.4 is 11.5 Å². The number of hydrogen-bond acceptors (Lipinski definition) is 4. The first-order chi connectivity index (χ1) is 10.5. The molecular weight excluding hydrogens is 354 g/mol. The second kappa shape index (κ2) is 11.8. The van der Waals surface area contributed by atoms with Gasteiger partial charge in [0.2, 0.25) is 0 Å². The third-order valence-corrected chi connectivity index (χ3v) is 8.53. The van der Waals surface area contributed by atoms with Crippen LogP contribution in [0.25, 0.3) is 0 Å². The quantitative estimate of drug-likeness (QED) is 0.296. The first kappa shape index (κ1) is 29.0. The van der Waals surface area contributed by atoms with E-state index in [4.69, 9.17) is 31.0 Å². The Morgan fingerprint density at radius 3 is 0.875 bits per heavy atom. The molecule has 0 radical (unpaired) electrons. The lowest BCUT2D eigenvalue weighted by molar-refractivity contribution is 0.321. The minimum atomic E-state index is -3.89. The summed E-state index contributed by atoms with van der Waals surface area (Å²) in [5.41, 5.74) is 9.78. The number of hydrogen-bond donors (Lipinski definition) is 6. The maximum absolute atomic E-state index is 10.8. The Kier molecular flexibility index (Phi) is 14.2. The molecule has 0 aliphatic carbocycles. The molecule has 10 heteroatoms. The minimum absolute atomic E-state index is 0.167. The van der Waals surface area contributed by atoms with E-state index in [0.29, 0.717) is 25.7 Å². The van der Waals surface area contributed by atoms with Crippen LogP contribution in [-0.2, 0) is 9.13 Å². The van der Waals surface area contributed by atoms with Crippen LogP contribution in [0.4, 0.5) is 0 Å². The van der Waals surface area contributed by atoms with Crippen LogP contribution in [0, 0.1) is 0 Å². The molecule has 0 rings (SSSR count). The molecule has 0 heterocycles. The fourth-order valence-electron chi connectivity index (χ4n) is 1.32. The summed E-state index contributed by atoms with van der Waals surface area (Å²) in [5.74, 6) is 0. The molecule has 0 spiro atoms. The molecule has 0 saturated heterocycles. The topological polar surface area (TPSA) is 167 Å². The molecular formula is C14H38N2O6P2. The van der Waals surface area contributed by atoms with Crippen molar-refractivity contribution >= 4 is 15.2 Å². The third-order valence-electron chi connectivity index (χ3n) is 4.45. The summed E-state index contributed by atoms with van der Waals surface area (Å²) in [6.45, 7) is 12.1. The predicted molar refractivity (Wildman–Crippen MR) is 99.9 cm³/mol.